The summed E-state index contributed by atoms with van der Waals surface area (Å²) in [5.41, 5.74) is 1.58. The van der Waals surface area contributed by atoms with Gasteiger partial charge in [-0.15, -0.1) is 0 Å². The lowest BCUT2D eigenvalue weighted by Crippen LogP contribution is -2.12. The molecule has 0 unspecified atom stereocenters. The van der Waals surface area contributed by atoms with E-state index >= 15 is 0 Å². The fourth-order valence-corrected chi connectivity index (χ4v) is 2.15. The van der Waals surface area contributed by atoms with Gasteiger partial charge in [-0.3, -0.25) is 14.2 Å². The van der Waals surface area contributed by atoms with Crippen LogP contribution in [0, 0.1) is 0 Å². The largest absolute Gasteiger partial charge is 0.289 e. The number of aromatic nitrogens is 1. The number of hydrogen-bond acceptors (Lipinski definition) is 2. The minimum Gasteiger partial charge on any atom is -0.289 e. The Balaban J connectivity index is 2.56. The van der Waals surface area contributed by atoms with Gasteiger partial charge in [-0.25, -0.2) is 0 Å². The predicted molar refractivity (Wildman–Crippen MR) is 57.2 cm³/mol. The average molecular weight is 199 g/mol. The summed E-state index contributed by atoms with van der Waals surface area (Å²) in [6.45, 7) is 0. The van der Waals surface area contributed by atoms with Crippen LogP contribution in [0.25, 0.3) is 10.9 Å². The number of pyridine rings is 1. The van der Waals surface area contributed by atoms with Crippen LogP contribution >= 0.6 is 0 Å². The number of aryl methyl sites for hydroxylation is 1. The molecule has 3 nitrogen and oxygen atoms in total. The van der Waals surface area contributed by atoms with E-state index < -0.39 is 0 Å². The molecule has 0 spiro atoms. The van der Waals surface area contributed by atoms with Gasteiger partial charge in [0.1, 0.15) is 0 Å². The van der Waals surface area contributed by atoms with Gasteiger partial charge >= 0.3 is 0 Å². The fourth-order valence-electron chi connectivity index (χ4n) is 2.15. The summed E-state index contributed by atoms with van der Waals surface area (Å²) in [5, 5.41) is 0.622. The lowest BCUT2D eigenvalue weighted by atomic mass is 10.2. The highest BCUT2D eigenvalue weighted by Crippen LogP contribution is 2.19. The SMILES string of the molecule is O=C1CCc2cc(=O)c3ccccc3n21. The number of carbonyl (C=O) groups excluding carboxylic acids is 1. The Bertz CT molecular complexity index is 625. The van der Waals surface area contributed by atoms with Crippen molar-refractivity contribution in [3.05, 3.63) is 46.2 Å². The van der Waals surface area contributed by atoms with Crippen LogP contribution in [0.2, 0.25) is 0 Å². The molecule has 0 bridgehead atoms. The number of fused-ring (bicyclic) bond motifs is 3. The summed E-state index contributed by atoms with van der Waals surface area (Å²) in [4.78, 5) is 23.4. The van der Waals surface area contributed by atoms with Gasteiger partial charge in [0, 0.05) is 23.6 Å². The topological polar surface area (TPSA) is 39.1 Å². The minimum atomic E-state index is 0.00606. The summed E-state index contributed by atoms with van der Waals surface area (Å²) < 4.78 is 1.66. The first-order chi connectivity index (χ1) is 7.27. The first kappa shape index (κ1) is 8.41. The Labute approximate surface area is 86.0 Å². The molecule has 0 amide bonds. The minimum absolute atomic E-state index is 0.00606. The van der Waals surface area contributed by atoms with E-state index in [1.807, 2.05) is 18.2 Å². The number of hydrogen-bond donors (Lipinski definition) is 0. The third kappa shape index (κ3) is 1.06. The van der Waals surface area contributed by atoms with E-state index in [1.54, 1.807) is 16.7 Å². The number of para-hydroxylation sites is 1. The summed E-state index contributed by atoms with van der Waals surface area (Å²) >= 11 is 0. The van der Waals surface area contributed by atoms with Gasteiger partial charge in [-0.05, 0) is 18.6 Å². The highest BCUT2D eigenvalue weighted by molar-refractivity contribution is 5.93. The van der Waals surface area contributed by atoms with Crippen LogP contribution in [0.15, 0.2) is 35.1 Å². The van der Waals surface area contributed by atoms with Crippen LogP contribution in [0.1, 0.15) is 16.9 Å². The molecule has 15 heavy (non-hydrogen) atoms. The van der Waals surface area contributed by atoms with E-state index in [0.717, 1.165) is 11.2 Å². The maximum absolute atomic E-state index is 11.7. The fraction of sp³-hybridized carbons (Fsp3) is 0.167. The number of rotatable bonds is 0. The van der Waals surface area contributed by atoms with Crippen molar-refractivity contribution in [1.29, 1.82) is 0 Å². The Kier molecular flexibility index (Phi) is 1.57. The molecule has 0 N–H and O–H groups in total. The van der Waals surface area contributed by atoms with Crippen molar-refractivity contribution < 1.29 is 4.79 Å². The van der Waals surface area contributed by atoms with Crippen LogP contribution in [0.3, 0.4) is 0 Å². The third-order valence-corrected chi connectivity index (χ3v) is 2.84. The lowest BCUT2D eigenvalue weighted by Gasteiger charge is -2.06. The number of carbonyl (C=O) groups is 1. The second kappa shape index (κ2) is 2.79. The van der Waals surface area contributed by atoms with Gasteiger partial charge in [-0.2, -0.15) is 0 Å². The monoisotopic (exact) mass is 199 g/mol. The molecule has 0 fully saturated rings. The average Bonchev–Trinajstić information content (AvgIpc) is 2.61. The zero-order chi connectivity index (χ0) is 10.4. The summed E-state index contributed by atoms with van der Waals surface area (Å²) in [7, 11) is 0. The van der Waals surface area contributed by atoms with Crippen molar-refractivity contribution in [3.63, 3.8) is 0 Å². The second-order valence-electron chi connectivity index (χ2n) is 3.75. The molecule has 1 aromatic heterocycles. The van der Waals surface area contributed by atoms with E-state index in [0.29, 0.717) is 18.2 Å². The lowest BCUT2D eigenvalue weighted by molar-refractivity contribution is 0.0928. The van der Waals surface area contributed by atoms with Gasteiger partial charge < -0.3 is 0 Å². The Morgan fingerprint density at radius 1 is 1.07 bits per heavy atom. The van der Waals surface area contributed by atoms with Crippen LogP contribution in [-0.4, -0.2) is 10.5 Å². The highest BCUT2D eigenvalue weighted by Gasteiger charge is 2.20. The maximum Gasteiger partial charge on any atom is 0.231 e. The molecule has 3 heteroatoms. The molecule has 0 radical (unpaired) electrons. The Hall–Kier alpha value is -1.90. The zero-order valence-electron chi connectivity index (χ0n) is 8.06. The normalized spacial score (nSPS) is 14.5. The van der Waals surface area contributed by atoms with Crippen molar-refractivity contribution in [2.75, 3.05) is 0 Å². The summed E-state index contributed by atoms with van der Waals surface area (Å²) in [6, 6.07) is 8.82. The quantitative estimate of drug-likeness (QED) is 0.646. The number of nitrogens with zero attached hydrogens (tertiary/aromatic N) is 1. The predicted octanol–water partition coefficient (Wildman–Crippen LogP) is 1.59. The van der Waals surface area contributed by atoms with E-state index in [2.05, 4.69) is 0 Å². The van der Waals surface area contributed by atoms with Gasteiger partial charge in [0.05, 0.1) is 5.52 Å². The van der Waals surface area contributed by atoms with Crippen LogP contribution in [-0.2, 0) is 6.42 Å². The van der Waals surface area contributed by atoms with Gasteiger partial charge in [-0.1, -0.05) is 12.1 Å². The molecule has 2 heterocycles. The van der Waals surface area contributed by atoms with E-state index in [-0.39, 0.29) is 11.3 Å². The zero-order valence-corrected chi connectivity index (χ0v) is 8.06. The smallest absolute Gasteiger partial charge is 0.231 e. The van der Waals surface area contributed by atoms with E-state index in [4.69, 9.17) is 0 Å². The molecule has 3 rings (SSSR count). The molecule has 1 aliphatic heterocycles. The first-order valence-electron chi connectivity index (χ1n) is 4.94. The molecular weight excluding hydrogens is 190 g/mol. The van der Waals surface area contributed by atoms with E-state index in [9.17, 15) is 9.59 Å². The molecule has 74 valence electrons. The maximum atomic E-state index is 11.7. The van der Waals surface area contributed by atoms with Crippen molar-refractivity contribution in [3.8, 4) is 0 Å². The molecular formula is C12H9NO2. The van der Waals surface area contributed by atoms with Crippen LogP contribution in [0.5, 0.6) is 0 Å². The van der Waals surface area contributed by atoms with Crippen molar-refractivity contribution in [2.45, 2.75) is 12.8 Å². The van der Waals surface area contributed by atoms with Gasteiger partial charge in [0.2, 0.25) is 5.91 Å². The molecule has 0 saturated heterocycles. The molecule has 1 aromatic carbocycles. The summed E-state index contributed by atoms with van der Waals surface area (Å²) in [5.74, 6) is 0.0844. The van der Waals surface area contributed by atoms with Crippen LogP contribution < -0.4 is 5.43 Å². The van der Waals surface area contributed by atoms with Crippen molar-refractivity contribution in [1.82, 2.24) is 4.57 Å². The number of benzene rings is 1. The van der Waals surface area contributed by atoms with Gasteiger partial charge in [0.15, 0.2) is 5.43 Å². The first-order valence-corrected chi connectivity index (χ1v) is 4.94. The molecule has 0 aliphatic carbocycles. The Morgan fingerprint density at radius 3 is 2.73 bits per heavy atom. The van der Waals surface area contributed by atoms with Crippen LogP contribution in [0.4, 0.5) is 0 Å². The molecule has 2 aromatic rings. The van der Waals surface area contributed by atoms with Gasteiger partial charge in [0.25, 0.3) is 0 Å². The second-order valence-corrected chi connectivity index (χ2v) is 3.75. The third-order valence-electron chi connectivity index (χ3n) is 2.84. The van der Waals surface area contributed by atoms with Crippen molar-refractivity contribution in [2.24, 2.45) is 0 Å². The summed E-state index contributed by atoms with van der Waals surface area (Å²) in [6.07, 6.45) is 1.19. The standard InChI is InChI=1S/C12H9NO2/c14-11-7-8-5-6-12(15)13(8)10-4-2-1-3-9(10)11/h1-4,7H,5-6H2. The van der Waals surface area contributed by atoms with Crippen molar-refractivity contribution >= 4 is 16.8 Å². The molecule has 0 atom stereocenters. The van der Waals surface area contributed by atoms with E-state index in [1.165, 1.54) is 0 Å². The highest BCUT2D eigenvalue weighted by atomic mass is 16.2. The molecule has 1 aliphatic rings. The molecule has 0 saturated carbocycles. The Morgan fingerprint density at radius 2 is 1.87 bits per heavy atom.